The van der Waals surface area contributed by atoms with Crippen LogP contribution in [0.1, 0.15) is 12.0 Å². The van der Waals surface area contributed by atoms with Gasteiger partial charge in [0.15, 0.2) is 0 Å². The molecule has 2 aromatic carbocycles. The molecule has 0 radical (unpaired) electrons. The lowest BCUT2D eigenvalue weighted by Crippen LogP contribution is -2.23. The highest BCUT2D eigenvalue weighted by Crippen LogP contribution is 2.22. The number of hydrogen-bond donors (Lipinski definition) is 1. The maximum Gasteiger partial charge on any atom is 0.233 e. The number of rotatable bonds is 8. The van der Waals surface area contributed by atoms with Gasteiger partial charge in [-0.2, -0.15) is 0 Å². The molecule has 0 fully saturated rings. The largest absolute Gasteiger partial charge is 0.491 e. The van der Waals surface area contributed by atoms with E-state index in [1.807, 2.05) is 30.3 Å². The van der Waals surface area contributed by atoms with E-state index in [-0.39, 0.29) is 6.54 Å². The first kappa shape index (κ1) is 19.4. The summed E-state index contributed by atoms with van der Waals surface area (Å²) in [6.45, 7) is 0.671. The molecule has 5 nitrogen and oxygen atoms in total. The minimum Gasteiger partial charge on any atom is -0.491 e. The Balaban J connectivity index is 1.47. The van der Waals surface area contributed by atoms with Crippen LogP contribution < -0.4 is 9.46 Å². The van der Waals surface area contributed by atoms with Crippen LogP contribution in [-0.2, 0) is 10.0 Å². The van der Waals surface area contributed by atoms with Crippen LogP contribution in [0.2, 0.25) is 5.02 Å². The standard InChI is InChI=1S/C20H19ClN2O3S/c21-18-9-7-16(8-10-18)11-15-27(24,25)23-13-3-14-26-19-6-1-4-17-5-2-12-22-20(17)19/h1-2,4-12,15,23H,3,13-14H2/b15-11+. The first-order valence-electron chi connectivity index (χ1n) is 8.43. The van der Waals surface area contributed by atoms with Crippen LogP contribution in [0.25, 0.3) is 17.0 Å². The zero-order valence-electron chi connectivity index (χ0n) is 14.5. The third-order valence-corrected chi connectivity index (χ3v) is 5.14. The second-order valence-corrected chi connectivity index (χ2v) is 7.91. The molecule has 0 spiro atoms. The summed E-state index contributed by atoms with van der Waals surface area (Å²) in [7, 11) is -3.50. The third-order valence-electron chi connectivity index (χ3n) is 3.79. The van der Waals surface area contributed by atoms with Crippen LogP contribution in [0.3, 0.4) is 0 Å². The van der Waals surface area contributed by atoms with E-state index in [4.69, 9.17) is 16.3 Å². The number of fused-ring (bicyclic) bond motifs is 1. The second-order valence-electron chi connectivity index (χ2n) is 5.83. The molecule has 0 aliphatic carbocycles. The van der Waals surface area contributed by atoms with Gasteiger partial charge >= 0.3 is 0 Å². The quantitative estimate of drug-likeness (QED) is 0.572. The minimum absolute atomic E-state index is 0.283. The van der Waals surface area contributed by atoms with E-state index in [0.717, 1.165) is 21.9 Å². The number of nitrogens with zero attached hydrogens (tertiary/aromatic N) is 1. The van der Waals surface area contributed by atoms with Gasteiger partial charge in [0.05, 0.1) is 6.61 Å². The second kappa shape index (κ2) is 8.99. The summed E-state index contributed by atoms with van der Waals surface area (Å²) >= 11 is 5.81. The summed E-state index contributed by atoms with van der Waals surface area (Å²) < 4.78 is 32.3. The van der Waals surface area contributed by atoms with E-state index in [2.05, 4.69) is 9.71 Å². The summed E-state index contributed by atoms with van der Waals surface area (Å²) in [5.74, 6) is 0.693. The van der Waals surface area contributed by atoms with Crippen LogP contribution in [0.5, 0.6) is 5.75 Å². The molecule has 27 heavy (non-hydrogen) atoms. The Kier molecular flexibility index (Phi) is 6.45. The molecule has 3 rings (SSSR count). The molecule has 0 aliphatic rings. The fraction of sp³-hybridized carbons (Fsp3) is 0.150. The molecule has 0 bridgehead atoms. The van der Waals surface area contributed by atoms with Crippen molar-refractivity contribution >= 4 is 38.6 Å². The van der Waals surface area contributed by atoms with Gasteiger partial charge < -0.3 is 4.74 Å². The van der Waals surface area contributed by atoms with Gasteiger partial charge in [-0.05, 0) is 42.3 Å². The van der Waals surface area contributed by atoms with Gasteiger partial charge in [0, 0.05) is 28.6 Å². The molecular weight excluding hydrogens is 384 g/mol. The number of para-hydroxylation sites is 1. The Morgan fingerprint density at radius 3 is 2.67 bits per heavy atom. The number of hydrogen-bond acceptors (Lipinski definition) is 4. The van der Waals surface area contributed by atoms with Crippen LogP contribution >= 0.6 is 11.6 Å². The average Bonchev–Trinajstić information content (AvgIpc) is 2.67. The average molecular weight is 403 g/mol. The highest BCUT2D eigenvalue weighted by Gasteiger charge is 2.05. The van der Waals surface area contributed by atoms with Crippen LogP contribution in [0.4, 0.5) is 0 Å². The lowest BCUT2D eigenvalue weighted by atomic mass is 10.2. The van der Waals surface area contributed by atoms with E-state index in [1.54, 1.807) is 30.5 Å². The summed E-state index contributed by atoms with van der Waals surface area (Å²) in [5.41, 5.74) is 1.56. The van der Waals surface area contributed by atoms with Crippen molar-refractivity contribution in [1.29, 1.82) is 0 Å². The Morgan fingerprint density at radius 2 is 1.85 bits per heavy atom. The number of nitrogens with one attached hydrogen (secondary N) is 1. The van der Waals surface area contributed by atoms with Crippen molar-refractivity contribution < 1.29 is 13.2 Å². The maximum atomic E-state index is 12.0. The first-order chi connectivity index (χ1) is 13.0. The van der Waals surface area contributed by atoms with E-state index in [0.29, 0.717) is 23.8 Å². The lowest BCUT2D eigenvalue weighted by molar-refractivity contribution is 0.314. The van der Waals surface area contributed by atoms with Gasteiger partial charge in [-0.1, -0.05) is 41.9 Å². The molecule has 7 heteroatoms. The van der Waals surface area contributed by atoms with Gasteiger partial charge in [0.2, 0.25) is 10.0 Å². The number of halogens is 1. The SMILES string of the molecule is O=S(=O)(/C=C/c1ccc(Cl)cc1)NCCCOc1cccc2cccnc12. The van der Waals surface area contributed by atoms with E-state index in [9.17, 15) is 8.42 Å². The molecule has 0 atom stereocenters. The number of sulfonamides is 1. The normalized spacial score (nSPS) is 11.9. The fourth-order valence-electron chi connectivity index (χ4n) is 2.45. The Bertz CT molecular complexity index is 1030. The van der Waals surface area contributed by atoms with E-state index in [1.165, 1.54) is 6.08 Å². The van der Waals surface area contributed by atoms with E-state index < -0.39 is 10.0 Å². The summed E-state index contributed by atoms with van der Waals surface area (Å²) in [6, 6.07) is 16.5. The molecule has 0 unspecified atom stereocenters. The molecule has 1 heterocycles. The highest BCUT2D eigenvalue weighted by molar-refractivity contribution is 7.92. The molecule has 3 aromatic rings. The van der Waals surface area contributed by atoms with Crippen molar-refractivity contribution in [3.05, 3.63) is 76.8 Å². The van der Waals surface area contributed by atoms with Gasteiger partial charge in [0.1, 0.15) is 11.3 Å². The molecule has 0 saturated heterocycles. The highest BCUT2D eigenvalue weighted by atomic mass is 35.5. The number of ether oxygens (including phenoxy) is 1. The molecule has 1 N–H and O–H groups in total. The minimum atomic E-state index is -3.50. The topological polar surface area (TPSA) is 68.3 Å². The van der Waals surface area contributed by atoms with Crippen molar-refractivity contribution in [3.8, 4) is 5.75 Å². The van der Waals surface area contributed by atoms with Gasteiger partial charge in [0.25, 0.3) is 0 Å². The zero-order valence-corrected chi connectivity index (χ0v) is 16.1. The molecule has 140 valence electrons. The number of aromatic nitrogens is 1. The van der Waals surface area contributed by atoms with Crippen molar-refractivity contribution in [1.82, 2.24) is 9.71 Å². The van der Waals surface area contributed by atoms with Crippen molar-refractivity contribution in [2.45, 2.75) is 6.42 Å². The van der Waals surface area contributed by atoms with Crippen molar-refractivity contribution in [2.75, 3.05) is 13.2 Å². The van der Waals surface area contributed by atoms with Gasteiger partial charge in [-0.25, -0.2) is 13.1 Å². The molecule has 1 aromatic heterocycles. The summed E-state index contributed by atoms with van der Waals surface area (Å²) in [5, 5.41) is 2.75. The van der Waals surface area contributed by atoms with E-state index >= 15 is 0 Å². The van der Waals surface area contributed by atoms with Crippen molar-refractivity contribution in [2.24, 2.45) is 0 Å². The number of pyridine rings is 1. The smallest absolute Gasteiger partial charge is 0.233 e. The Morgan fingerprint density at radius 1 is 1.07 bits per heavy atom. The molecule has 0 saturated carbocycles. The predicted molar refractivity (Wildman–Crippen MR) is 109 cm³/mol. The van der Waals surface area contributed by atoms with Crippen LogP contribution in [-0.4, -0.2) is 26.6 Å². The summed E-state index contributed by atoms with van der Waals surface area (Å²) in [4.78, 5) is 4.32. The zero-order chi connectivity index (χ0) is 19.1. The lowest BCUT2D eigenvalue weighted by Gasteiger charge is -2.08. The van der Waals surface area contributed by atoms with Gasteiger partial charge in [-0.3, -0.25) is 4.98 Å². The molecule has 0 aliphatic heterocycles. The number of benzene rings is 2. The van der Waals surface area contributed by atoms with Crippen LogP contribution in [0.15, 0.2) is 66.2 Å². The Hall–Kier alpha value is -2.41. The van der Waals surface area contributed by atoms with Crippen LogP contribution in [0, 0.1) is 0 Å². The fourth-order valence-corrected chi connectivity index (χ4v) is 3.44. The first-order valence-corrected chi connectivity index (χ1v) is 10.4. The Labute approximate surface area is 163 Å². The molecule has 0 amide bonds. The third kappa shape index (κ3) is 5.79. The van der Waals surface area contributed by atoms with Crippen molar-refractivity contribution in [3.63, 3.8) is 0 Å². The molecular formula is C20H19ClN2O3S. The van der Waals surface area contributed by atoms with Gasteiger partial charge in [-0.15, -0.1) is 0 Å². The monoisotopic (exact) mass is 402 g/mol. The predicted octanol–water partition coefficient (Wildman–Crippen LogP) is 4.25. The summed E-state index contributed by atoms with van der Waals surface area (Å²) in [6.07, 6.45) is 3.78. The maximum absolute atomic E-state index is 12.0.